The van der Waals surface area contributed by atoms with Gasteiger partial charge in [0.15, 0.2) is 0 Å². The first-order chi connectivity index (χ1) is 9.15. The molecule has 1 atom stereocenters. The molecule has 3 nitrogen and oxygen atoms in total. The molecule has 20 heavy (non-hydrogen) atoms. The van der Waals surface area contributed by atoms with Crippen molar-refractivity contribution in [2.75, 3.05) is 25.4 Å². The second kappa shape index (κ2) is 8.93. The summed E-state index contributed by atoms with van der Waals surface area (Å²) in [5, 5.41) is 3.35. The van der Waals surface area contributed by atoms with Crippen molar-refractivity contribution in [2.24, 2.45) is 0 Å². The zero-order valence-electron chi connectivity index (χ0n) is 11.5. The molecule has 0 aromatic heterocycles. The van der Waals surface area contributed by atoms with Crippen LogP contribution >= 0.6 is 40.1 Å². The molecule has 1 aromatic rings. The van der Waals surface area contributed by atoms with Crippen LogP contribution in [-0.2, 0) is 4.79 Å². The zero-order valence-corrected chi connectivity index (χ0v) is 14.7. The molecule has 112 valence electrons. The van der Waals surface area contributed by atoms with Gasteiger partial charge in [-0.3, -0.25) is 4.79 Å². The van der Waals surface area contributed by atoms with Crippen LogP contribution in [0.1, 0.15) is 13.3 Å². The fraction of sp³-hybridized carbons (Fsp3) is 0.500. The Kier molecular flexibility index (Phi) is 7.95. The van der Waals surface area contributed by atoms with Crippen molar-refractivity contribution < 1.29 is 4.79 Å². The summed E-state index contributed by atoms with van der Waals surface area (Å²) in [6, 6.07) is 8.62. The molecule has 1 N–H and O–H groups in total. The van der Waals surface area contributed by atoms with E-state index in [9.17, 15) is 4.79 Å². The van der Waals surface area contributed by atoms with E-state index in [-0.39, 0.29) is 18.3 Å². The number of hydrogen-bond acceptors (Lipinski definition) is 3. The van der Waals surface area contributed by atoms with Gasteiger partial charge in [-0.05, 0) is 31.2 Å². The number of amides is 1. The second-order valence-electron chi connectivity index (χ2n) is 4.75. The van der Waals surface area contributed by atoms with E-state index in [0.717, 1.165) is 29.9 Å². The van der Waals surface area contributed by atoms with Crippen LogP contribution in [0.2, 0.25) is 0 Å². The van der Waals surface area contributed by atoms with Gasteiger partial charge in [-0.2, -0.15) is 0 Å². The molecule has 2 rings (SSSR count). The third kappa shape index (κ3) is 5.64. The van der Waals surface area contributed by atoms with Gasteiger partial charge in [-0.1, -0.05) is 15.9 Å². The SMILES string of the molecule is CC1CN(C(=O)CCSc2ccc(Br)cc2)CCN1.Cl. The summed E-state index contributed by atoms with van der Waals surface area (Å²) < 4.78 is 1.09. The predicted octanol–water partition coefficient (Wildman–Crippen LogP) is 3.17. The maximum absolute atomic E-state index is 12.1. The standard InChI is InChI=1S/C14H19BrN2OS.ClH/c1-11-10-17(8-7-16-11)14(18)6-9-19-13-4-2-12(15)3-5-13;/h2-5,11,16H,6-10H2,1H3;1H. The number of hydrogen-bond donors (Lipinski definition) is 1. The monoisotopic (exact) mass is 378 g/mol. The summed E-state index contributed by atoms with van der Waals surface area (Å²) in [4.78, 5) is 15.3. The van der Waals surface area contributed by atoms with Crippen molar-refractivity contribution in [2.45, 2.75) is 24.3 Å². The number of piperazine rings is 1. The minimum atomic E-state index is 0. The highest BCUT2D eigenvalue weighted by Gasteiger charge is 2.19. The van der Waals surface area contributed by atoms with Crippen LogP contribution in [0.15, 0.2) is 33.6 Å². The maximum Gasteiger partial charge on any atom is 0.223 e. The summed E-state index contributed by atoms with van der Waals surface area (Å²) in [6.07, 6.45) is 0.619. The summed E-state index contributed by atoms with van der Waals surface area (Å²) in [5.74, 6) is 1.12. The number of thioether (sulfide) groups is 1. The molecule has 1 aliphatic rings. The number of carbonyl (C=O) groups excluding carboxylic acids is 1. The summed E-state index contributed by atoms with van der Waals surface area (Å²) >= 11 is 5.16. The molecule has 1 fully saturated rings. The largest absolute Gasteiger partial charge is 0.340 e. The number of nitrogens with zero attached hydrogens (tertiary/aromatic N) is 1. The Morgan fingerprint density at radius 3 is 2.80 bits per heavy atom. The zero-order chi connectivity index (χ0) is 13.7. The molecule has 1 aliphatic heterocycles. The van der Waals surface area contributed by atoms with E-state index < -0.39 is 0 Å². The van der Waals surface area contributed by atoms with E-state index in [1.54, 1.807) is 11.8 Å². The van der Waals surface area contributed by atoms with Crippen LogP contribution in [0.3, 0.4) is 0 Å². The van der Waals surface area contributed by atoms with Gasteiger partial charge >= 0.3 is 0 Å². The first-order valence-electron chi connectivity index (χ1n) is 6.54. The van der Waals surface area contributed by atoms with E-state index in [4.69, 9.17) is 0 Å². The quantitative estimate of drug-likeness (QED) is 0.816. The highest BCUT2D eigenvalue weighted by Crippen LogP contribution is 2.21. The van der Waals surface area contributed by atoms with Gasteiger partial charge in [-0.25, -0.2) is 0 Å². The molecule has 1 unspecified atom stereocenters. The van der Waals surface area contributed by atoms with Crippen LogP contribution in [0, 0.1) is 0 Å². The number of halogens is 2. The number of rotatable bonds is 4. The van der Waals surface area contributed by atoms with Crippen LogP contribution in [0.5, 0.6) is 0 Å². The normalized spacial score (nSPS) is 18.5. The molecule has 1 saturated heterocycles. The third-order valence-electron chi connectivity index (χ3n) is 3.12. The molecule has 0 aliphatic carbocycles. The first kappa shape index (κ1) is 17.8. The summed E-state index contributed by atoms with van der Waals surface area (Å²) in [6.45, 7) is 4.71. The van der Waals surface area contributed by atoms with Crippen molar-refractivity contribution in [3.05, 3.63) is 28.7 Å². The van der Waals surface area contributed by atoms with E-state index in [1.807, 2.05) is 17.0 Å². The topological polar surface area (TPSA) is 32.3 Å². The highest BCUT2D eigenvalue weighted by atomic mass is 79.9. The van der Waals surface area contributed by atoms with E-state index in [1.165, 1.54) is 4.90 Å². The number of benzene rings is 1. The lowest BCUT2D eigenvalue weighted by Crippen LogP contribution is -2.51. The van der Waals surface area contributed by atoms with Crippen molar-refractivity contribution >= 4 is 46.0 Å². The highest BCUT2D eigenvalue weighted by molar-refractivity contribution is 9.10. The molecular formula is C14H20BrClN2OS. The Balaban J connectivity index is 0.00000200. The maximum atomic E-state index is 12.1. The van der Waals surface area contributed by atoms with Gasteiger partial charge in [0.25, 0.3) is 0 Å². The van der Waals surface area contributed by atoms with Crippen molar-refractivity contribution in [3.63, 3.8) is 0 Å². The Morgan fingerprint density at radius 2 is 2.15 bits per heavy atom. The Labute approximate surface area is 139 Å². The molecule has 0 bridgehead atoms. The summed E-state index contributed by atoms with van der Waals surface area (Å²) in [7, 11) is 0. The lowest BCUT2D eigenvalue weighted by Gasteiger charge is -2.31. The Morgan fingerprint density at radius 1 is 1.45 bits per heavy atom. The molecule has 6 heteroatoms. The fourth-order valence-electron chi connectivity index (χ4n) is 2.10. The molecular weight excluding hydrogens is 360 g/mol. The van der Waals surface area contributed by atoms with E-state index in [0.29, 0.717) is 12.5 Å². The van der Waals surface area contributed by atoms with Crippen molar-refractivity contribution in [1.82, 2.24) is 10.2 Å². The molecule has 0 spiro atoms. The van der Waals surface area contributed by atoms with Crippen molar-refractivity contribution in [1.29, 1.82) is 0 Å². The average Bonchev–Trinajstić information content (AvgIpc) is 2.41. The molecule has 0 radical (unpaired) electrons. The van der Waals surface area contributed by atoms with Crippen LogP contribution in [-0.4, -0.2) is 42.2 Å². The molecule has 1 heterocycles. The summed E-state index contributed by atoms with van der Waals surface area (Å²) in [5.41, 5.74) is 0. The number of carbonyl (C=O) groups is 1. The minimum absolute atomic E-state index is 0. The van der Waals surface area contributed by atoms with Crippen LogP contribution in [0.25, 0.3) is 0 Å². The lowest BCUT2D eigenvalue weighted by molar-refractivity contribution is -0.131. The van der Waals surface area contributed by atoms with E-state index >= 15 is 0 Å². The van der Waals surface area contributed by atoms with E-state index in [2.05, 4.69) is 40.3 Å². The third-order valence-corrected chi connectivity index (χ3v) is 4.66. The van der Waals surface area contributed by atoms with Crippen molar-refractivity contribution in [3.8, 4) is 0 Å². The smallest absolute Gasteiger partial charge is 0.223 e. The van der Waals surface area contributed by atoms with Gasteiger partial charge in [0.05, 0.1) is 0 Å². The van der Waals surface area contributed by atoms with Gasteiger partial charge in [-0.15, -0.1) is 24.2 Å². The first-order valence-corrected chi connectivity index (χ1v) is 8.32. The Hall–Kier alpha value is -0.230. The average molecular weight is 380 g/mol. The van der Waals surface area contributed by atoms with Gasteiger partial charge < -0.3 is 10.2 Å². The predicted molar refractivity (Wildman–Crippen MR) is 90.8 cm³/mol. The fourth-order valence-corrected chi connectivity index (χ4v) is 3.21. The number of nitrogens with one attached hydrogen (secondary N) is 1. The molecule has 1 aromatic carbocycles. The lowest BCUT2D eigenvalue weighted by atomic mass is 10.2. The van der Waals surface area contributed by atoms with Crippen LogP contribution in [0.4, 0.5) is 0 Å². The van der Waals surface area contributed by atoms with Gasteiger partial charge in [0.1, 0.15) is 0 Å². The van der Waals surface area contributed by atoms with Gasteiger partial charge in [0, 0.05) is 47.2 Å². The molecule has 0 saturated carbocycles. The van der Waals surface area contributed by atoms with Crippen LogP contribution < -0.4 is 5.32 Å². The second-order valence-corrected chi connectivity index (χ2v) is 6.83. The minimum Gasteiger partial charge on any atom is -0.340 e. The van der Waals surface area contributed by atoms with Gasteiger partial charge in [0.2, 0.25) is 5.91 Å². The molecule has 1 amide bonds. The Bertz CT molecular complexity index is 430.